The van der Waals surface area contributed by atoms with Crippen LogP contribution in [0.4, 0.5) is 5.95 Å². The van der Waals surface area contributed by atoms with Crippen molar-refractivity contribution in [3.05, 3.63) is 78.5 Å². The SMILES string of the molecule is CN(C)c1ncc(-c2ccccc2)c([C@@H]2CCCN(C(=O)c3ccnc(-c4cnn(C)c4)c3)C2)n1. The lowest BCUT2D eigenvalue weighted by Gasteiger charge is -2.33. The Hall–Kier alpha value is -4.07. The fourth-order valence-electron chi connectivity index (χ4n) is 4.59. The second kappa shape index (κ2) is 9.66. The van der Waals surface area contributed by atoms with Gasteiger partial charge in [-0.15, -0.1) is 0 Å². The summed E-state index contributed by atoms with van der Waals surface area (Å²) in [4.78, 5) is 31.4. The van der Waals surface area contributed by atoms with Crippen molar-refractivity contribution in [1.82, 2.24) is 29.6 Å². The predicted molar refractivity (Wildman–Crippen MR) is 136 cm³/mol. The molecule has 1 amide bonds. The van der Waals surface area contributed by atoms with Crippen molar-refractivity contribution in [3.63, 3.8) is 0 Å². The Labute approximate surface area is 205 Å². The van der Waals surface area contributed by atoms with Gasteiger partial charge >= 0.3 is 0 Å². The van der Waals surface area contributed by atoms with E-state index in [1.165, 1.54) is 0 Å². The van der Waals surface area contributed by atoms with Gasteiger partial charge < -0.3 is 9.80 Å². The minimum Gasteiger partial charge on any atom is -0.347 e. The summed E-state index contributed by atoms with van der Waals surface area (Å²) < 4.78 is 1.73. The molecule has 178 valence electrons. The number of hydrogen-bond acceptors (Lipinski definition) is 6. The number of anilines is 1. The van der Waals surface area contributed by atoms with Crippen LogP contribution in [-0.4, -0.2) is 62.7 Å². The number of benzene rings is 1. The number of likely N-dealkylation sites (tertiary alicyclic amines) is 1. The number of carbonyl (C=O) groups is 1. The van der Waals surface area contributed by atoms with Gasteiger partial charge in [0.2, 0.25) is 5.95 Å². The zero-order chi connectivity index (χ0) is 24.4. The Morgan fingerprint density at radius 3 is 2.63 bits per heavy atom. The first kappa shape index (κ1) is 22.7. The number of aryl methyl sites for hydroxylation is 1. The molecule has 1 aromatic carbocycles. The number of rotatable bonds is 5. The molecular formula is C27H29N7O. The topological polar surface area (TPSA) is 80.0 Å². The van der Waals surface area contributed by atoms with E-state index in [9.17, 15) is 4.79 Å². The zero-order valence-corrected chi connectivity index (χ0v) is 20.3. The van der Waals surface area contributed by atoms with Crippen LogP contribution in [0.1, 0.15) is 34.8 Å². The third-order valence-corrected chi connectivity index (χ3v) is 6.39. The molecule has 8 nitrogen and oxygen atoms in total. The van der Waals surface area contributed by atoms with Crippen LogP contribution in [0.2, 0.25) is 0 Å². The molecule has 1 saturated heterocycles. The number of piperidine rings is 1. The van der Waals surface area contributed by atoms with Crippen molar-refractivity contribution in [2.24, 2.45) is 7.05 Å². The third kappa shape index (κ3) is 4.77. The molecule has 1 atom stereocenters. The summed E-state index contributed by atoms with van der Waals surface area (Å²) in [5, 5.41) is 4.22. The van der Waals surface area contributed by atoms with E-state index in [2.05, 4.69) is 27.2 Å². The number of carbonyl (C=O) groups excluding carboxylic acids is 1. The van der Waals surface area contributed by atoms with Gasteiger partial charge in [0.15, 0.2) is 0 Å². The molecule has 1 aliphatic rings. The van der Waals surface area contributed by atoms with Crippen LogP contribution >= 0.6 is 0 Å². The minimum atomic E-state index is 0.0189. The molecule has 1 fully saturated rings. The summed E-state index contributed by atoms with van der Waals surface area (Å²) in [6, 6.07) is 13.9. The highest BCUT2D eigenvalue weighted by molar-refractivity contribution is 5.95. The summed E-state index contributed by atoms with van der Waals surface area (Å²) in [6.07, 6.45) is 9.17. The summed E-state index contributed by atoms with van der Waals surface area (Å²) in [5.41, 5.74) is 5.39. The van der Waals surface area contributed by atoms with Gasteiger partial charge in [-0.05, 0) is 30.5 Å². The molecule has 4 aromatic rings. The lowest BCUT2D eigenvalue weighted by Crippen LogP contribution is -2.39. The molecule has 8 heteroatoms. The van der Waals surface area contributed by atoms with E-state index in [1.54, 1.807) is 23.1 Å². The molecule has 0 bridgehead atoms. The predicted octanol–water partition coefficient (Wildman–Crippen LogP) is 4.02. The fraction of sp³-hybridized carbons (Fsp3) is 0.296. The number of pyridine rings is 1. The first-order chi connectivity index (χ1) is 17.0. The highest BCUT2D eigenvalue weighted by atomic mass is 16.2. The largest absolute Gasteiger partial charge is 0.347 e. The maximum atomic E-state index is 13.5. The van der Waals surface area contributed by atoms with Gasteiger partial charge in [-0.2, -0.15) is 5.10 Å². The highest BCUT2D eigenvalue weighted by Gasteiger charge is 2.29. The summed E-state index contributed by atoms with van der Waals surface area (Å²) >= 11 is 0. The molecule has 1 aliphatic heterocycles. The Morgan fingerprint density at radius 1 is 1.06 bits per heavy atom. The van der Waals surface area contributed by atoms with E-state index in [0.717, 1.165) is 47.5 Å². The maximum absolute atomic E-state index is 13.5. The quantitative estimate of drug-likeness (QED) is 0.441. The van der Waals surface area contributed by atoms with Crippen molar-refractivity contribution in [3.8, 4) is 22.4 Å². The van der Waals surface area contributed by atoms with Crippen molar-refractivity contribution >= 4 is 11.9 Å². The molecule has 35 heavy (non-hydrogen) atoms. The van der Waals surface area contributed by atoms with Crippen molar-refractivity contribution in [2.45, 2.75) is 18.8 Å². The average molecular weight is 468 g/mol. The van der Waals surface area contributed by atoms with Gasteiger partial charge in [0.25, 0.3) is 5.91 Å². The van der Waals surface area contributed by atoms with Crippen LogP contribution in [0.5, 0.6) is 0 Å². The smallest absolute Gasteiger partial charge is 0.254 e. The van der Waals surface area contributed by atoms with Crippen LogP contribution in [0, 0.1) is 0 Å². The molecule has 0 aliphatic carbocycles. The van der Waals surface area contributed by atoms with Gasteiger partial charge in [-0.1, -0.05) is 30.3 Å². The molecule has 0 radical (unpaired) electrons. The minimum absolute atomic E-state index is 0.0189. The summed E-state index contributed by atoms with van der Waals surface area (Å²) in [5.74, 6) is 0.827. The number of amides is 1. The standard InChI is InChI=1S/C27H29N7O/c1-32(2)27-29-16-23(19-8-5-4-6-9-19)25(31-27)21-10-7-13-34(18-21)26(35)20-11-12-28-24(14-20)22-15-30-33(3)17-22/h4-6,8-9,11-12,14-17,21H,7,10,13,18H2,1-3H3/t21-/m1/s1. The molecule has 3 aromatic heterocycles. The molecule has 0 N–H and O–H groups in total. The maximum Gasteiger partial charge on any atom is 0.254 e. The molecular weight excluding hydrogens is 438 g/mol. The fourth-order valence-corrected chi connectivity index (χ4v) is 4.59. The van der Waals surface area contributed by atoms with Crippen LogP contribution in [0.25, 0.3) is 22.4 Å². The lowest BCUT2D eigenvalue weighted by molar-refractivity contribution is 0.0706. The number of aromatic nitrogens is 5. The molecule has 4 heterocycles. The second-order valence-corrected chi connectivity index (χ2v) is 9.15. The molecule has 0 unspecified atom stereocenters. The summed E-state index contributed by atoms with van der Waals surface area (Å²) in [6.45, 7) is 1.35. The van der Waals surface area contributed by atoms with Crippen LogP contribution < -0.4 is 4.90 Å². The van der Waals surface area contributed by atoms with Crippen LogP contribution in [-0.2, 0) is 7.05 Å². The van der Waals surface area contributed by atoms with E-state index in [-0.39, 0.29) is 11.8 Å². The van der Waals surface area contributed by atoms with Gasteiger partial charge in [0.1, 0.15) is 0 Å². The van der Waals surface area contributed by atoms with E-state index in [1.807, 2.05) is 67.6 Å². The Bertz CT molecular complexity index is 1330. The Kier molecular flexibility index (Phi) is 6.27. The van der Waals surface area contributed by atoms with Gasteiger partial charge in [-0.25, -0.2) is 9.97 Å². The van der Waals surface area contributed by atoms with Crippen molar-refractivity contribution in [2.75, 3.05) is 32.1 Å². The first-order valence-corrected chi connectivity index (χ1v) is 11.8. The average Bonchev–Trinajstić information content (AvgIpc) is 3.35. The number of hydrogen-bond donors (Lipinski definition) is 0. The van der Waals surface area contributed by atoms with E-state index in [4.69, 9.17) is 4.98 Å². The van der Waals surface area contributed by atoms with E-state index < -0.39 is 0 Å². The monoisotopic (exact) mass is 467 g/mol. The van der Waals surface area contributed by atoms with Crippen LogP contribution in [0.3, 0.4) is 0 Å². The zero-order valence-electron chi connectivity index (χ0n) is 20.3. The highest BCUT2D eigenvalue weighted by Crippen LogP contribution is 2.34. The van der Waals surface area contributed by atoms with E-state index in [0.29, 0.717) is 18.1 Å². The second-order valence-electron chi connectivity index (χ2n) is 9.15. The summed E-state index contributed by atoms with van der Waals surface area (Å²) in [7, 11) is 5.76. The molecule has 0 saturated carbocycles. The van der Waals surface area contributed by atoms with Gasteiger partial charge in [0.05, 0.1) is 17.6 Å². The third-order valence-electron chi connectivity index (χ3n) is 6.39. The van der Waals surface area contributed by atoms with E-state index >= 15 is 0 Å². The first-order valence-electron chi connectivity index (χ1n) is 11.8. The van der Waals surface area contributed by atoms with Gasteiger partial charge in [0, 0.05) is 75.4 Å². The number of nitrogens with zero attached hydrogens (tertiary/aromatic N) is 7. The van der Waals surface area contributed by atoms with Crippen molar-refractivity contribution < 1.29 is 4.79 Å². The normalized spacial score (nSPS) is 15.7. The molecule has 0 spiro atoms. The van der Waals surface area contributed by atoms with Crippen LogP contribution in [0.15, 0.2) is 67.3 Å². The lowest BCUT2D eigenvalue weighted by atomic mass is 9.89. The molecule has 5 rings (SSSR count). The van der Waals surface area contributed by atoms with Crippen molar-refractivity contribution in [1.29, 1.82) is 0 Å². The van der Waals surface area contributed by atoms with Gasteiger partial charge in [-0.3, -0.25) is 14.5 Å². The Morgan fingerprint density at radius 2 is 1.89 bits per heavy atom. The Balaban J connectivity index is 1.44.